The van der Waals surface area contributed by atoms with E-state index in [0.717, 1.165) is 68.3 Å². The fourth-order valence-corrected chi connectivity index (χ4v) is 6.39. The topological polar surface area (TPSA) is 106 Å². The highest BCUT2D eigenvalue weighted by Crippen LogP contribution is 2.32. The zero-order valence-electron chi connectivity index (χ0n) is 22.9. The molecule has 3 aliphatic rings. The van der Waals surface area contributed by atoms with Gasteiger partial charge in [0.05, 0.1) is 11.0 Å². The first-order valence-electron chi connectivity index (χ1n) is 13.8. The highest BCUT2D eigenvalue weighted by Gasteiger charge is 2.44. The van der Waals surface area contributed by atoms with Crippen LogP contribution < -0.4 is 11.0 Å². The van der Waals surface area contributed by atoms with E-state index in [1.165, 1.54) is 0 Å². The lowest BCUT2D eigenvalue weighted by molar-refractivity contribution is -0.135. The monoisotopic (exact) mass is 525 g/mol. The molecular weight excluding hydrogens is 486 g/mol. The minimum absolute atomic E-state index is 0.187. The highest BCUT2D eigenvalue weighted by atomic mass is 16.6. The molecule has 10 heteroatoms. The van der Waals surface area contributed by atoms with E-state index in [1.54, 1.807) is 16.2 Å². The summed E-state index contributed by atoms with van der Waals surface area (Å²) in [5.41, 5.74) is 1.96. The molecule has 1 aromatic heterocycles. The number of nitrogens with one attached hydrogen (secondary N) is 1. The van der Waals surface area contributed by atoms with Crippen LogP contribution in [-0.4, -0.2) is 74.2 Å². The Kier molecular flexibility index (Phi) is 7.11. The van der Waals surface area contributed by atoms with Crippen LogP contribution in [0.5, 0.6) is 0 Å². The van der Waals surface area contributed by atoms with Crippen molar-refractivity contribution in [2.24, 2.45) is 7.05 Å². The second-order valence-corrected chi connectivity index (χ2v) is 12.0. The van der Waals surface area contributed by atoms with Crippen molar-refractivity contribution in [2.75, 3.05) is 19.6 Å². The van der Waals surface area contributed by atoms with Gasteiger partial charge in [-0.3, -0.25) is 33.8 Å². The third kappa shape index (κ3) is 5.10. The maximum atomic E-state index is 13.1. The van der Waals surface area contributed by atoms with Crippen molar-refractivity contribution >= 4 is 28.9 Å². The minimum atomic E-state index is -0.672. The van der Waals surface area contributed by atoms with Gasteiger partial charge in [-0.15, -0.1) is 0 Å². The molecule has 0 aliphatic carbocycles. The smallest absolute Gasteiger partial charge is 0.410 e. The number of piperidine rings is 1. The van der Waals surface area contributed by atoms with E-state index in [9.17, 15) is 19.2 Å². The summed E-state index contributed by atoms with van der Waals surface area (Å²) in [4.78, 5) is 54.4. The Morgan fingerprint density at radius 1 is 1.05 bits per heavy atom. The Morgan fingerprint density at radius 2 is 1.76 bits per heavy atom. The summed E-state index contributed by atoms with van der Waals surface area (Å²) in [5, 5.41) is 2.37. The fourth-order valence-electron chi connectivity index (χ4n) is 6.39. The highest BCUT2D eigenvalue weighted by molar-refractivity contribution is 6.00. The lowest BCUT2D eigenvalue weighted by Gasteiger charge is -2.41. The number of hydrogen-bond acceptors (Lipinski definition) is 6. The van der Waals surface area contributed by atoms with Gasteiger partial charge in [0.15, 0.2) is 0 Å². The van der Waals surface area contributed by atoms with Gasteiger partial charge in [0.25, 0.3) is 0 Å². The predicted molar refractivity (Wildman–Crippen MR) is 143 cm³/mol. The van der Waals surface area contributed by atoms with Crippen molar-refractivity contribution < 1.29 is 19.1 Å². The number of likely N-dealkylation sites (tertiary alicyclic amines) is 1. The van der Waals surface area contributed by atoms with Gasteiger partial charge < -0.3 is 4.74 Å². The van der Waals surface area contributed by atoms with Crippen molar-refractivity contribution in [3.63, 3.8) is 0 Å². The van der Waals surface area contributed by atoms with Crippen LogP contribution in [0, 0.1) is 0 Å². The summed E-state index contributed by atoms with van der Waals surface area (Å²) < 4.78 is 8.82. The third-order valence-corrected chi connectivity index (χ3v) is 8.04. The first-order chi connectivity index (χ1) is 18.0. The van der Waals surface area contributed by atoms with Crippen molar-refractivity contribution in [2.45, 2.75) is 89.4 Å². The molecule has 0 radical (unpaired) electrons. The number of rotatable bonds is 6. The number of fused-ring (bicyclic) bond motifs is 3. The van der Waals surface area contributed by atoms with Gasteiger partial charge in [-0.2, -0.15) is 0 Å². The summed E-state index contributed by atoms with van der Waals surface area (Å²) in [5.74, 6) is -0.707. The average Bonchev–Trinajstić information content (AvgIpc) is 3.26. The molecule has 10 nitrogen and oxygen atoms in total. The Hall–Kier alpha value is -3.14. The van der Waals surface area contributed by atoms with E-state index < -0.39 is 17.6 Å². The van der Waals surface area contributed by atoms with Gasteiger partial charge in [0.1, 0.15) is 11.6 Å². The molecular formula is C28H39N5O5. The molecule has 2 aromatic rings. The van der Waals surface area contributed by atoms with Gasteiger partial charge in [-0.25, -0.2) is 9.59 Å². The van der Waals surface area contributed by atoms with Crippen LogP contribution >= 0.6 is 0 Å². The molecule has 5 rings (SSSR count). The number of aryl methyl sites for hydroxylation is 2. The number of unbranched alkanes of at least 4 members (excludes halogenated alkanes) is 1. The van der Waals surface area contributed by atoms with Crippen LogP contribution in [0.4, 0.5) is 4.79 Å². The SMILES string of the molecule is Cn1c(=O)n(C2CCC(=O)NC2=O)c2cccc(CCCCN3C[C@H]4CC[C@@H](C3)N4C(=O)OC(C)(C)C)c21. The fraction of sp³-hybridized carbons (Fsp3) is 0.643. The number of imide groups is 1. The number of carbonyl (C=O) groups is 3. The van der Waals surface area contributed by atoms with E-state index in [2.05, 4.69) is 16.3 Å². The van der Waals surface area contributed by atoms with Crippen LogP contribution in [0.3, 0.4) is 0 Å². The molecule has 0 spiro atoms. The summed E-state index contributed by atoms with van der Waals surface area (Å²) in [7, 11) is 1.75. The maximum absolute atomic E-state index is 13.1. The van der Waals surface area contributed by atoms with E-state index in [-0.39, 0.29) is 36.2 Å². The normalized spacial score (nSPS) is 24.2. The molecule has 1 aromatic carbocycles. The number of hydrogen-bond donors (Lipinski definition) is 1. The van der Waals surface area contributed by atoms with Gasteiger partial charge >= 0.3 is 11.8 Å². The first kappa shape index (κ1) is 26.5. The van der Waals surface area contributed by atoms with E-state index >= 15 is 0 Å². The number of ether oxygens (including phenoxy) is 1. The molecule has 2 bridgehead atoms. The van der Waals surface area contributed by atoms with Gasteiger partial charge in [-0.1, -0.05) is 12.1 Å². The maximum Gasteiger partial charge on any atom is 0.410 e. The first-order valence-corrected chi connectivity index (χ1v) is 13.8. The summed E-state index contributed by atoms with van der Waals surface area (Å²) in [6, 6.07) is 5.64. The zero-order valence-corrected chi connectivity index (χ0v) is 22.9. The molecule has 3 saturated heterocycles. The molecule has 1 unspecified atom stereocenters. The standard InChI is InChI=1S/C28H39N5O5/c1-28(2,3)38-27(37)32-19-11-12-20(32)17-31(16-19)15-6-5-8-18-9-7-10-21-24(18)30(4)26(36)33(21)22-13-14-23(34)29-25(22)35/h7,9-10,19-20,22H,5-6,8,11-17H2,1-4H3,(H,29,34,35)/t19-,20+,22?. The second-order valence-electron chi connectivity index (χ2n) is 12.0. The molecule has 206 valence electrons. The number of para-hydroxylation sites is 1. The number of amides is 3. The van der Waals surface area contributed by atoms with Gasteiger partial charge in [0.2, 0.25) is 11.8 Å². The van der Waals surface area contributed by atoms with Gasteiger partial charge in [0, 0.05) is 38.6 Å². The van der Waals surface area contributed by atoms with Gasteiger partial charge in [-0.05, 0) is 77.5 Å². The Morgan fingerprint density at radius 3 is 2.42 bits per heavy atom. The van der Waals surface area contributed by atoms with Crippen molar-refractivity contribution in [1.29, 1.82) is 0 Å². The zero-order chi connectivity index (χ0) is 27.2. The van der Waals surface area contributed by atoms with E-state index in [0.29, 0.717) is 6.42 Å². The quantitative estimate of drug-likeness (QED) is 0.459. The Labute approximate surface area is 222 Å². The van der Waals surface area contributed by atoms with Crippen LogP contribution in [0.25, 0.3) is 11.0 Å². The molecule has 3 amide bonds. The Balaban J connectivity index is 1.20. The van der Waals surface area contributed by atoms with E-state index in [4.69, 9.17) is 4.74 Å². The molecule has 0 saturated carbocycles. The number of nitrogens with zero attached hydrogens (tertiary/aromatic N) is 4. The predicted octanol–water partition coefficient (Wildman–Crippen LogP) is 2.72. The number of benzene rings is 1. The van der Waals surface area contributed by atoms with E-state index in [1.807, 2.05) is 37.8 Å². The van der Waals surface area contributed by atoms with Crippen LogP contribution in [0.1, 0.15) is 70.9 Å². The Bertz CT molecular complexity index is 1290. The molecule has 3 atom stereocenters. The van der Waals surface area contributed by atoms with Crippen LogP contribution in [-0.2, 0) is 27.8 Å². The summed E-state index contributed by atoms with van der Waals surface area (Å²) >= 11 is 0. The third-order valence-electron chi connectivity index (χ3n) is 8.04. The van der Waals surface area contributed by atoms with Crippen molar-refractivity contribution in [3.8, 4) is 0 Å². The largest absolute Gasteiger partial charge is 0.444 e. The van der Waals surface area contributed by atoms with Crippen molar-refractivity contribution in [3.05, 3.63) is 34.2 Å². The summed E-state index contributed by atoms with van der Waals surface area (Å²) in [6.45, 7) is 8.46. The minimum Gasteiger partial charge on any atom is -0.444 e. The molecule has 1 N–H and O–H groups in total. The molecule has 38 heavy (non-hydrogen) atoms. The molecule has 3 fully saturated rings. The van der Waals surface area contributed by atoms with Crippen LogP contribution in [0.2, 0.25) is 0 Å². The van der Waals surface area contributed by atoms with Crippen LogP contribution in [0.15, 0.2) is 23.0 Å². The lowest BCUT2D eigenvalue weighted by atomic mass is 10.0. The van der Waals surface area contributed by atoms with Crippen molar-refractivity contribution in [1.82, 2.24) is 24.3 Å². The number of aromatic nitrogens is 2. The second kappa shape index (κ2) is 10.2. The average molecular weight is 526 g/mol. The summed E-state index contributed by atoms with van der Waals surface area (Å²) in [6.07, 6.45) is 5.25. The lowest BCUT2D eigenvalue weighted by Crippen LogP contribution is -2.56. The number of imidazole rings is 1. The molecule has 4 heterocycles. The number of piperazine rings is 1. The number of carbonyl (C=O) groups excluding carboxylic acids is 3. The molecule has 3 aliphatic heterocycles.